The van der Waals surface area contributed by atoms with Gasteiger partial charge in [0.05, 0.1) is 0 Å². The van der Waals surface area contributed by atoms with Crippen LogP contribution in [0.1, 0.15) is 58.8 Å². The molecule has 3 heteroatoms. The number of unbranched alkanes of at least 4 members (excludes halogenated alkanes) is 2. The minimum absolute atomic E-state index is 0.112. The summed E-state index contributed by atoms with van der Waals surface area (Å²) in [4.78, 5) is 12.4. The van der Waals surface area contributed by atoms with E-state index in [9.17, 15) is 9.36 Å². The minimum Gasteiger partial charge on any atom is -0.289 e. The van der Waals surface area contributed by atoms with Crippen LogP contribution in [0.5, 0.6) is 0 Å². The standard InChI is InChI=1S/C16H16O.C5H11OP/c1-11-9-12(2)15(13(3)10-11)16(17)14-7-5-4-6-8-14;1-2-3-4-5-7-6/h4-10H,1-3H3;2-5H2,1H3. The van der Waals surface area contributed by atoms with E-state index in [1.54, 1.807) is 0 Å². The van der Waals surface area contributed by atoms with Crippen molar-refractivity contribution in [2.75, 3.05) is 6.16 Å². The molecular formula is C21H27O2P. The van der Waals surface area contributed by atoms with E-state index in [-0.39, 0.29) is 5.78 Å². The van der Waals surface area contributed by atoms with Crippen molar-refractivity contribution in [3.8, 4) is 0 Å². The van der Waals surface area contributed by atoms with Crippen LogP contribution in [0.2, 0.25) is 0 Å². The second-order valence-corrected chi connectivity index (χ2v) is 6.73. The Kier molecular flexibility index (Phi) is 9.19. The summed E-state index contributed by atoms with van der Waals surface area (Å²) in [7, 11) is 0.305. The predicted octanol–water partition coefficient (Wildman–Crippen LogP) is 6.31. The molecule has 0 saturated carbocycles. The zero-order valence-corrected chi connectivity index (χ0v) is 16.0. The molecular weight excluding hydrogens is 315 g/mol. The van der Waals surface area contributed by atoms with Crippen molar-refractivity contribution in [3.05, 3.63) is 70.3 Å². The highest BCUT2D eigenvalue weighted by Gasteiger charge is 2.14. The average molecular weight is 342 g/mol. The maximum Gasteiger partial charge on any atom is 0.193 e. The van der Waals surface area contributed by atoms with Gasteiger partial charge in [-0.2, -0.15) is 0 Å². The zero-order valence-electron chi connectivity index (χ0n) is 15.1. The average Bonchev–Trinajstić information content (AvgIpc) is 2.56. The molecule has 0 amide bonds. The third-order valence-corrected chi connectivity index (χ3v) is 4.29. The van der Waals surface area contributed by atoms with Crippen molar-refractivity contribution >= 4 is 14.2 Å². The topological polar surface area (TPSA) is 34.1 Å². The van der Waals surface area contributed by atoms with Crippen molar-refractivity contribution < 1.29 is 9.36 Å². The normalized spacial score (nSPS) is 10.2. The monoisotopic (exact) mass is 342 g/mol. The molecule has 0 heterocycles. The second kappa shape index (κ2) is 10.9. The molecule has 24 heavy (non-hydrogen) atoms. The van der Waals surface area contributed by atoms with E-state index >= 15 is 0 Å². The Morgan fingerprint density at radius 2 is 1.54 bits per heavy atom. The van der Waals surface area contributed by atoms with Gasteiger partial charge in [0, 0.05) is 17.3 Å². The smallest absolute Gasteiger partial charge is 0.193 e. The summed E-state index contributed by atoms with van der Waals surface area (Å²) in [5, 5.41) is 0. The Morgan fingerprint density at radius 1 is 0.958 bits per heavy atom. The Balaban J connectivity index is 0.000000351. The van der Waals surface area contributed by atoms with Gasteiger partial charge in [0.15, 0.2) is 14.2 Å². The van der Waals surface area contributed by atoms with Crippen LogP contribution in [0.15, 0.2) is 42.5 Å². The molecule has 0 atom stereocenters. The molecule has 0 N–H and O–H groups in total. The van der Waals surface area contributed by atoms with Crippen LogP contribution in [-0.4, -0.2) is 11.9 Å². The fraction of sp³-hybridized carbons (Fsp3) is 0.381. The summed E-state index contributed by atoms with van der Waals surface area (Å²) in [6.07, 6.45) is 4.39. The number of carbonyl (C=O) groups is 1. The van der Waals surface area contributed by atoms with E-state index in [4.69, 9.17) is 0 Å². The minimum atomic E-state index is 0.112. The maximum atomic E-state index is 12.4. The number of ketones is 1. The van der Waals surface area contributed by atoms with Gasteiger partial charge in [-0.05, 0) is 38.3 Å². The molecule has 2 nitrogen and oxygen atoms in total. The van der Waals surface area contributed by atoms with E-state index in [0.29, 0.717) is 8.46 Å². The molecule has 0 unspecified atom stereocenters. The summed E-state index contributed by atoms with van der Waals surface area (Å²) in [5.74, 6) is 0.112. The first-order valence-electron chi connectivity index (χ1n) is 8.48. The van der Waals surface area contributed by atoms with Crippen molar-refractivity contribution in [1.29, 1.82) is 0 Å². The van der Waals surface area contributed by atoms with Crippen LogP contribution in [0.4, 0.5) is 0 Å². The van der Waals surface area contributed by atoms with Gasteiger partial charge in [0.1, 0.15) is 0 Å². The molecule has 2 rings (SSSR count). The molecule has 2 aromatic carbocycles. The van der Waals surface area contributed by atoms with Crippen molar-refractivity contribution in [3.63, 3.8) is 0 Å². The van der Waals surface area contributed by atoms with Gasteiger partial charge < -0.3 is 0 Å². The highest BCUT2D eigenvalue weighted by atomic mass is 31.1. The van der Waals surface area contributed by atoms with Crippen LogP contribution in [0.3, 0.4) is 0 Å². The molecule has 0 radical (unpaired) electrons. The van der Waals surface area contributed by atoms with Crippen LogP contribution in [-0.2, 0) is 4.57 Å². The molecule has 0 aliphatic carbocycles. The lowest BCUT2D eigenvalue weighted by Gasteiger charge is -2.10. The first kappa shape index (κ1) is 20.3. The number of benzene rings is 2. The van der Waals surface area contributed by atoms with Crippen LogP contribution in [0, 0.1) is 20.8 Å². The van der Waals surface area contributed by atoms with Gasteiger partial charge in [-0.1, -0.05) is 67.8 Å². The Labute approximate surface area is 147 Å². The fourth-order valence-corrected chi connectivity index (χ4v) is 3.05. The van der Waals surface area contributed by atoms with Crippen molar-refractivity contribution in [2.24, 2.45) is 0 Å². The van der Waals surface area contributed by atoms with E-state index in [1.807, 2.05) is 44.2 Å². The molecule has 0 aliphatic heterocycles. The zero-order chi connectivity index (χ0) is 17.9. The van der Waals surface area contributed by atoms with Gasteiger partial charge >= 0.3 is 0 Å². The summed E-state index contributed by atoms with van der Waals surface area (Å²) < 4.78 is 9.78. The summed E-state index contributed by atoms with van der Waals surface area (Å²) in [6, 6.07) is 13.6. The van der Waals surface area contributed by atoms with E-state index < -0.39 is 0 Å². The van der Waals surface area contributed by atoms with Crippen molar-refractivity contribution in [2.45, 2.75) is 47.0 Å². The number of aryl methyl sites for hydroxylation is 3. The van der Waals surface area contributed by atoms with E-state index in [2.05, 4.69) is 26.0 Å². The molecule has 0 spiro atoms. The highest BCUT2D eigenvalue weighted by molar-refractivity contribution is 7.23. The molecule has 128 valence electrons. The largest absolute Gasteiger partial charge is 0.289 e. The lowest BCUT2D eigenvalue weighted by molar-refractivity contribution is 0.103. The van der Waals surface area contributed by atoms with Crippen LogP contribution >= 0.6 is 8.46 Å². The third kappa shape index (κ3) is 6.37. The molecule has 0 aliphatic rings. The van der Waals surface area contributed by atoms with E-state index in [0.717, 1.165) is 34.8 Å². The van der Waals surface area contributed by atoms with Gasteiger partial charge in [0.2, 0.25) is 0 Å². The maximum absolute atomic E-state index is 12.4. The Hall–Kier alpha value is -1.79. The Morgan fingerprint density at radius 3 is 2.04 bits per heavy atom. The predicted molar refractivity (Wildman–Crippen MR) is 103 cm³/mol. The lowest BCUT2D eigenvalue weighted by Crippen LogP contribution is -2.06. The molecule has 0 fully saturated rings. The molecule has 2 aromatic rings. The van der Waals surface area contributed by atoms with Gasteiger partial charge in [-0.25, -0.2) is 0 Å². The first-order valence-corrected chi connectivity index (χ1v) is 9.47. The van der Waals surface area contributed by atoms with Gasteiger partial charge in [0.25, 0.3) is 0 Å². The number of carbonyl (C=O) groups excluding carboxylic acids is 1. The molecule has 0 bridgehead atoms. The van der Waals surface area contributed by atoms with Crippen molar-refractivity contribution in [1.82, 2.24) is 0 Å². The quantitative estimate of drug-likeness (QED) is 0.350. The lowest BCUT2D eigenvalue weighted by atomic mass is 9.93. The van der Waals surface area contributed by atoms with Crippen LogP contribution in [0.25, 0.3) is 0 Å². The fourth-order valence-electron chi connectivity index (χ4n) is 2.70. The van der Waals surface area contributed by atoms with Crippen LogP contribution < -0.4 is 0 Å². The van der Waals surface area contributed by atoms with E-state index in [1.165, 1.54) is 18.4 Å². The number of hydrogen-bond acceptors (Lipinski definition) is 2. The number of hydrogen-bond donors (Lipinski definition) is 0. The Bertz CT molecular complexity index is 640. The highest BCUT2D eigenvalue weighted by Crippen LogP contribution is 2.20. The molecule has 0 aromatic heterocycles. The summed E-state index contributed by atoms with van der Waals surface area (Å²) >= 11 is 0. The van der Waals surface area contributed by atoms with Gasteiger partial charge in [-0.3, -0.25) is 9.36 Å². The summed E-state index contributed by atoms with van der Waals surface area (Å²) in [6.45, 7) is 8.19. The summed E-state index contributed by atoms with van der Waals surface area (Å²) in [5.41, 5.74) is 4.89. The first-order chi connectivity index (χ1) is 11.5. The van der Waals surface area contributed by atoms with Gasteiger partial charge in [-0.15, -0.1) is 0 Å². The second-order valence-electron chi connectivity index (χ2n) is 6.03. The number of rotatable bonds is 6. The SMILES string of the molecule is CCCCCP=O.Cc1cc(C)c(C(=O)c2ccccc2)c(C)c1. The molecule has 0 saturated heterocycles. The third-order valence-electron chi connectivity index (χ3n) is 3.79.